The number of benzene rings is 2. The van der Waals surface area contributed by atoms with Crippen molar-refractivity contribution in [2.45, 2.75) is 24.3 Å². The van der Waals surface area contributed by atoms with Gasteiger partial charge in [0.2, 0.25) is 15.9 Å². The summed E-state index contributed by atoms with van der Waals surface area (Å²) in [6.45, 7) is 0.736. The maximum Gasteiger partial charge on any atom is 0.243 e. The zero-order valence-corrected chi connectivity index (χ0v) is 18.7. The summed E-state index contributed by atoms with van der Waals surface area (Å²) >= 11 is 0. The minimum atomic E-state index is -3.55. The van der Waals surface area contributed by atoms with E-state index < -0.39 is 15.8 Å². The molecule has 0 radical (unpaired) electrons. The molecule has 2 aromatic carbocycles. The van der Waals surface area contributed by atoms with Gasteiger partial charge in [-0.15, -0.1) is 0 Å². The van der Waals surface area contributed by atoms with Crippen molar-refractivity contribution in [3.8, 4) is 11.5 Å². The number of hydrogen-bond donors (Lipinski definition) is 1. The van der Waals surface area contributed by atoms with Crippen LogP contribution in [-0.4, -0.2) is 36.7 Å². The first kappa shape index (κ1) is 22.9. The zero-order chi connectivity index (χ0) is 23.3. The zero-order valence-electron chi connectivity index (χ0n) is 17.9. The van der Waals surface area contributed by atoms with Crippen molar-refractivity contribution in [3.63, 3.8) is 0 Å². The summed E-state index contributed by atoms with van der Waals surface area (Å²) in [4.78, 5) is 16.8. The van der Waals surface area contributed by atoms with Crippen LogP contribution in [0.1, 0.15) is 18.4 Å². The van der Waals surface area contributed by atoms with E-state index in [2.05, 4.69) is 10.3 Å². The lowest BCUT2D eigenvalue weighted by molar-refractivity contribution is -0.126. The van der Waals surface area contributed by atoms with Gasteiger partial charge < -0.3 is 10.1 Å². The largest absolute Gasteiger partial charge is 0.453 e. The van der Waals surface area contributed by atoms with Gasteiger partial charge in [0.1, 0.15) is 5.75 Å². The van der Waals surface area contributed by atoms with Gasteiger partial charge in [0, 0.05) is 31.7 Å². The third kappa shape index (κ3) is 5.55. The number of amides is 1. The second-order valence-electron chi connectivity index (χ2n) is 7.76. The first-order chi connectivity index (χ1) is 15.9. The standard InChI is InChI=1S/C24H24FN3O4S/c25-22-15-18(8-9-23(22)32-20-5-4-12-26-17-20)16-27-24(29)19-10-13-28(14-11-19)33(30,31)21-6-2-1-3-7-21/h1-9,12,15,17,19H,10-11,13-14,16H2,(H,27,29). The van der Waals surface area contributed by atoms with Gasteiger partial charge in [-0.25, -0.2) is 12.8 Å². The second-order valence-corrected chi connectivity index (χ2v) is 9.70. The van der Waals surface area contributed by atoms with E-state index in [0.29, 0.717) is 24.2 Å². The average Bonchev–Trinajstić information content (AvgIpc) is 2.85. The Morgan fingerprint density at radius 3 is 2.52 bits per heavy atom. The van der Waals surface area contributed by atoms with Gasteiger partial charge in [0.05, 0.1) is 11.1 Å². The number of nitrogens with zero attached hydrogens (tertiary/aromatic N) is 2. The van der Waals surface area contributed by atoms with Crippen LogP contribution < -0.4 is 10.1 Å². The fourth-order valence-electron chi connectivity index (χ4n) is 3.70. The molecule has 0 spiro atoms. The topological polar surface area (TPSA) is 88.6 Å². The molecular weight excluding hydrogens is 445 g/mol. The van der Waals surface area contributed by atoms with E-state index in [1.807, 2.05) is 0 Å². The molecule has 2 heterocycles. The SMILES string of the molecule is O=C(NCc1ccc(Oc2cccnc2)c(F)c1)C1CCN(S(=O)(=O)c2ccccc2)CC1. The van der Waals surface area contributed by atoms with E-state index in [4.69, 9.17) is 4.74 Å². The highest BCUT2D eigenvalue weighted by atomic mass is 32.2. The molecule has 1 N–H and O–H groups in total. The fraction of sp³-hybridized carbons (Fsp3) is 0.250. The molecule has 0 saturated carbocycles. The van der Waals surface area contributed by atoms with Crippen molar-refractivity contribution in [3.05, 3.63) is 84.4 Å². The third-order valence-corrected chi connectivity index (χ3v) is 7.44. The molecule has 33 heavy (non-hydrogen) atoms. The molecule has 1 saturated heterocycles. The molecule has 172 valence electrons. The lowest BCUT2D eigenvalue weighted by atomic mass is 9.97. The highest BCUT2D eigenvalue weighted by Crippen LogP contribution is 2.26. The van der Waals surface area contributed by atoms with Crippen LogP contribution in [0.15, 0.2) is 78.0 Å². The van der Waals surface area contributed by atoms with Crippen LogP contribution in [0.5, 0.6) is 11.5 Å². The molecule has 9 heteroatoms. The minimum absolute atomic E-state index is 0.0741. The summed E-state index contributed by atoms with van der Waals surface area (Å²) < 4.78 is 46.7. The number of aromatic nitrogens is 1. The Hall–Kier alpha value is -3.30. The Labute approximate surface area is 192 Å². The first-order valence-electron chi connectivity index (χ1n) is 10.6. The fourth-order valence-corrected chi connectivity index (χ4v) is 5.20. The van der Waals surface area contributed by atoms with Crippen molar-refractivity contribution in [2.75, 3.05) is 13.1 Å². The van der Waals surface area contributed by atoms with Gasteiger partial charge >= 0.3 is 0 Å². The molecule has 0 aliphatic carbocycles. The molecule has 1 amide bonds. The third-order valence-electron chi connectivity index (χ3n) is 5.53. The van der Waals surface area contributed by atoms with Crippen LogP contribution in [0, 0.1) is 11.7 Å². The maximum absolute atomic E-state index is 14.4. The van der Waals surface area contributed by atoms with E-state index in [-0.39, 0.29) is 42.1 Å². The van der Waals surface area contributed by atoms with Crippen molar-refractivity contribution in [1.29, 1.82) is 0 Å². The number of carbonyl (C=O) groups excluding carboxylic acids is 1. The summed E-state index contributed by atoms with van der Waals surface area (Å²) in [6.07, 6.45) is 3.96. The van der Waals surface area contributed by atoms with Crippen LogP contribution in [0.2, 0.25) is 0 Å². The van der Waals surface area contributed by atoms with Crippen LogP contribution in [0.4, 0.5) is 4.39 Å². The predicted molar refractivity (Wildman–Crippen MR) is 120 cm³/mol. The normalized spacial score (nSPS) is 15.2. The number of rotatable bonds is 7. The Balaban J connectivity index is 1.29. The molecule has 7 nitrogen and oxygen atoms in total. The number of hydrogen-bond acceptors (Lipinski definition) is 5. The summed E-state index contributed by atoms with van der Waals surface area (Å²) in [7, 11) is -3.55. The van der Waals surface area contributed by atoms with Gasteiger partial charge in [-0.2, -0.15) is 4.31 Å². The predicted octanol–water partition coefficient (Wildman–Crippen LogP) is 3.73. The second kappa shape index (κ2) is 10.1. The number of halogens is 1. The Morgan fingerprint density at radius 2 is 1.85 bits per heavy atom. The van der Waals surface area contributed by atoms with E-state index >= 15 is 0 Å². The van der Waals surface area contributed by atoms with E-state index in [1.54, 1.807) is 54.7 Å². The highest BCUT2D eigenvalue weighted by molar-refractivity contribution is 7.89. The van der Waals surface area contributed by atoms with Crippen LogP contribution in [-0.2, 0) is 21.4 Å². The van der Waals surface area contributed by atoms with Crippen LogP contribution in [0.25, 0.3) is 0 Å². The lowest BCUT2D eigenvalue weighted by Crippen LogP contribution is -2.42. The molecule has 1 aromatic heterocycles. The molecule has 3 aromatic rings. The summed E-state index contributed by atoms with van der Waals surface area (Å²) in [5.74, 6) is -0.485. The number of pyridine rings is 1. The van der Waals surface area contributed by atoms with Crippen molar-refractivity contribution < 1.29 is 22.3 Å². The lowest BCUT2D eigenvalue weighted by Gasteiger charge is -2.30. The smallest absolute Gasteiger partial charge is 0.243 e. The van der Waals surface area contributed by atoms with E-state index in [9.17, 15) is 17.6 Å². The van der Waals surface area contributed by atoms with Gasteiger partial charge in [0.15, 0.2) is 11.6 Å². The first-order valence-corrected chi connectivity index (χ1v) is 12.1. The number of carbonyl (C=O) groups is 1. The minimum Gasteiger partial charge on any atom is -0.453 e. The Morgan fingerprint density at radius 1 is 1.09 bits per heavy atom. The molecular formula is C24H24FN3O4S. The molecule has 0 unspecified atom stereocenters. The average molecular weight is 470 g/mol. The van der Waals surface area contributed by atoms with Gasteiger partial charge in [-0.05, 0) is 54.8 Å². The van der Waals surface area contributed by atoms with Crippen molar-refractivity contribution in [2.24, 2.45) is 5.92 Å². The Kier molecular flexibility index (Phi) is 7.00. The van der Waals surface area contributed by atoms with E-state index in [0.717, 1.165) is 0 Å². The monoisotopic (exact) mass is 469 g/mol. The molecule has 1 fully saturated rings. The highest BCUT2D eigenvalue weighted by Gasteiger charge is 2.31. The summed E-state index contributed by atoms with van der Waals surface area (Å²) in [5, 5.41) is 2.83. The number of ether oxygens (including phenoxy) is 1. The molecule has 0 atom stereocenters. The van der Waals surface area contributed by atoms with Crippen LogP contribution in [0.3, 0.4) is 0 Å². The van der Waals surface area contributed by atoms with E-state index in [1.165, 1.54) is 22.6 Å². The quantitative estimate of drug-likeness (QED) is 0.570. The summed E-state index contributed by atoms with van der Waals surface area (Å²) in [6, 6.07) is 16.2. The van der Waals surface area contributed by atoms with Gasteiger partial charge in [-0.1, -0.05) is 24.3 Å². The number of nitrogens with one attached hydrogen (secondary N) is 1. The Bertz CT molecular complexity index is 1200. The maximum atomic E-state index is 14.4. The molecule has 1 aliphatic heterocycles. The van der Waals surface area contributed by atoms with Crippen LogP contribution >= 0.6 is 0 Å². The van der Waals surface area contributed by atoms with Crippen molar-refractivity contribution >= 4 is 15.9 Å². The molecule has 4 rings (SSSR count). The number of sulfonamides is 1. The van der Waals surface area contributed by atoms with Gasteiger partial charge in [0.25, 0.3) is 0 Å². The number of piperidine rings is 1. The van der Waals surface area contributed by atoms with Gasteiger partial charge in [-0.3, -0.25) is 9.78 Å². The molecule has 1 aliphatic rings. The van der Waals surface area contributed by atoms with Crippen molar-refractivity contribution in [1.82, 2.24) is 14.6 Å². The summed E-state index contributed by atoms with van der Waals surface area (Å²) in [5.41, 5.74) is 0.600. The molecule has 0 bridgehead atoms.